The number of nitrogens with zero attached hydrogens (tertiary/aromatic N) is 1. The van der Waals surface area contributed by atoms with Gasteiger partial charge < -0.3 is 10.3 Å². The third-order valence-corrected chi connectivity index (χ3v) is 4.16. The summed E-state index contributed by atoms with van der Waals surface area (Å²) in [6, 6.07) is 7.35. The van der Waals surface area contributed by atoms with Gasteiger partial charge in [0, 0.05) is 11.6 Å². The summed E-state index contributed by atoms with van der Waals surface area (Å²) >= 11 is 0. The van der Waals surface area contributed by atoms with E-state index >= 15 is 0 Å². The molecule has 122 valence electrons. The summed E-state index contributed by atoms with van der Waals surface area (Å²) in [5, 5.41) is 3.49. The van der Waals surface area contributed by atoms with Crippen LogP contribution in [0.5, 0.6) is 0 Å². The molecule has 0 bridgehead atoms. The second-order valence-corrected chi connectivity index (χ2v) is 5.99. The lowest BCUT2D eigenvalue weighted by molar-refractivity contribution is 0.0170. The quantitative estimate of drug-likeness (QED) is 0.822. The minimum atomic E-state index is -4.13. The smallest absolute Gasteiger partial charge is 0.273 e. The van der Waals surface area contributed by atoms with Crippen LogP contribution in [0.25, 0.3) is 11.3 Å². The third-order valence-electron chi connectivity index (χ3n) is 2.70. The Hall–Kier alpha value is -1.55. The molecular weight excluding hydrogens is 340 g/mol. The fourth-order valence-corrected chi connectivity index (χ4v) is 2.88. The molecule has 0 aliphatic carbocycles. The first-order valence-corrected chi connectivity index (χ1v) is 7.42. The highest BCUT2D eigenvalue weighted by atomic mass is 35.5. The van der Waals surface area contributed by atoms with Gasteiger partial charge in [-0.25, -0.2) is 21.9 Å². The van der Waals surface area contributed by atoms with Crippen molar-refractivity contribution >= 4 is 22.4 Å². The number of hydrogen-bond acceptors (Lipinski definition) is 5. The Bertz CT molecular complexity index is 708. The van der Waals surface area contributed by atoms with Crippen LogP contribution in [0.1, 0.15) is 0 Å². The van der Waals surface area contributed by atoms with Gasteiger partial charge in [0.1, 0.15) is 0 Å². The van der Waals surface area contributed by atoms with E-state index in [1.54, 1.807) is 6.07 Å². The molecule has 6 nitrogen and oxygen atoms in total. The predicted octanol–water partition coefficient (Wildman–Crippen LogP) is 1.64. The molecule has 3 N–H and O–H groups in total. The molecule has 0 aliphatic rings. The summed E-state index contributed by atoms with van der Waals surface area (Å²) in [4.78, 5) is -0.172. The van der Waals surface area contributed by atoms with Crippen molar-refractivity contribution < 1.29 is 21.7 Å². The van der Waals surface area contributed by atoms with Gasteiger partial charge in [-0.1, -0.05) is 17.3 Å². The number of halogens is 3. The number of aromatic nitrogens is 1. The molecule has 2 rings (SSSR count). The van der Waals surface area contributed by atoms with Gasteiger partial charge >= 0.3 is 0 Å². The minimum Gasteiger partial charge on any atom is -0.356 e. The van der Waals surface area contributed by atoms with Crippen molar-refractivity contribution in [3.05, 3.63) is 36.5 Å². The van der Waals surface area contributed by atoms with Gasteiger partial charge in [0.05, 0.1) is 24.2 Å². The van der Waals surface area contributed by atoms with E-state index in [1.165, 1.54) is 30.5 Å². The van der Waals surface area contributed by atoms with Gasteiger partial charge in [0.15, 0.2) is 5.76 Å². The molecule has 0 atom stereocenters. The van der Waals surface area contributed by atoms with E-state index in [-0.39, 0.29) is 28.6 Å². The van der Waals surface area contributed by atoms with E-state index in [0.29, 0.717) is 0 Å². The Morgan fingerprint density at radius 2 is 1.95 bits per heavy atom. The zero-order chi connectivity index (χ0) is 15.5. The molecule has 1 heterocycles. The molecule has 1 aromatic heterocycles. The molecule has 0 unspecified atom stereocenters. The summed E-state index contributed by atoms with van der Waals surface area (Å²) in [5.74, 6) is -3.09. The van der Waals surface area contributed by atoms with Crippen LogP contribution >= 0.6 is 12.4 Å². The molecule has 10 heteroatoms. The van der Waals surface area contributed by atoms with E-state index in [9.17, 15) is 17.2 Å². The van der Waals surface area contributed by atoms with Crippen LogP contribution in [0.4, 0.5) is 8.78 Å². The molecule has 2 aromatic rings. The monoisotopic (exact) mass is 353 g/mol. The second-order valence-electron chi connectivity index (χ2n) is 4.26. The average molecular weight is 354 g/mol. The van der Waals surface area contributed by atoms with Crippen LogP contribution in [0.3, 0.4) is 0 Å². The first-order valence-electron chi connectivity index (χ1n) is 5.93. The summed E-state index contributed by atoms with van der Waals surface area (Å²) in [5.41, 5.74) is 5.11. The largest absolute Gasteiger partial charge is 0.356 e. The Balaban J connectivity index is 0.00000242. The maximum atomic E-state index is 13.1. The standard InChI is InChI=1S/C12H13F2N3O3S.ClH/c13-12(14,7-15)8-17-21(18,19)11-4-2-1-3-9(11)10-5-6-16-20-10;/h1-6,17H,7-8,15H2;1H. The second kappa shape index (κ2) is 7.14. The normalized spacial score (nSPS) is 12.0. The molecule has 1 aromatic carbocycles. The summed E-state index contributed by atoms with van der Waals surface area (Å²) in [7, 11) is -4.13. The van der Waals surface area contributed by atoms with Crippen LogP contribution in [0.2, 0.25) is 0 Å². The van der Waals surface area contributed by atoms with E-state index < -0.39 is 29.0 Å². The zero-order valence-electron chi connectivity index (χ0n) is 11.2. The van der Waals surface area contributed by atoms with Gasteiger partial charge in [-0.15, -0.1) is 12.4 Å². The third kappa shape index (κ3) is 4.23. The lowest BCUT2D eigenvalue weighted by atomic mass is 10.2. The van der Waals surface area contributed by atoms with E-state index in [2.05, 4.69) is 5.16 Å². The molecule has 0 aliphatic heterocycles. The number of nitrogens with two attached hydrogens (primary N) is 1. The Morgan fingerprint density at radius 3 is 2.55 bits per heavy atom. The number of rotatable bonds is 6. The number of nitrogens with one attached hydrogen (secondary N) is 1. The first kappa shape index (κ1) is 18.5. The lowest BCUT2D eigenvalue weighted by Gasteiger charge is -2.15. The van der Waals surface area contributed by atoms with Crippen molar-refractivity contribution in [3.63, 3.8) is 0 Å². The highest BCUT2D eigenvalue weighted by Crippen LogP contribution is 2.27. The zero-order valence-corrected chi connectivity index (χ0v) is 12.8. The Labute approximate surface area is 132 Å². The topological polar surface area (TPSA) is 98.2 Å². The minimum absolute atomic E-state index is 0. The van der Waals surface area contributed by atoms with Crippen molar-refractivity contribution in [2.45, 2.75) is 10.8 Å². The van der Waals surface area contributed by atoms with Crippen molar-refractivity contribution in [2.24, 2.45) is 5.73 Å². The maximum Gasteiger partial charge on any atom is 0.273 e. The first-order chi connectivity index (χ1) is 9.86. The average Bonchev–Trinajstić information content (AvgIpc) is 3.00. The van der Waals surface area contributed by atoms with Gasteiger partial charge in [-0.05, 0) is 12.1 Å². The summed E-state index contributed by atoms with van der Waals surface area (Å²) in [6.45, 7) is -2.02. The Morgan fingerprint density at radius 1 is 1.27 bits per heavy atom. The molecule has 0 fully saturated rings. The fourth-order valence-electron chi connectivity index (χ4n) is 1.61. The molecule has 0 saturated heterocycles. The molecule has 0 saturated carbocycles. The van der Waals surface area contributed by atoms with Gasteiger partial charge in [-0.2, -0.15) is 0 Å². The Kier molecular flexibility index (Phi) is 6.00. The van der Waals surface area contributed by atoms with Gasteiger partial charge in [0.2, 0.25) is 10.0 Å². The van der Waals surface area contributed by atoms with E-state index in [1.807, 2.05) is 4.72 Å². The molecule has 0 spiro atoms. The summed E-state index contributed by atoms with van der Waals surface area (Å²) in [6.07, 6.45) is 1.36. The summed E-state index contributed by atoms with van der Waals surface area (Å²) < 4.78 is 57.3. The van der Waals surface area contributed by atoms with Crippen molar-refractivity contribution in [1.29, 1.82) is 0 Å². The highest BCUT2D eigenvalue weighted by Gasteiger charge is 2.30. The molecule has 0 amide bonds. The van der Waals surface area contributed by atoms with E-state index in [4.69, 9.17) is 10.3 Å². The number of sulfonamides is 1. The lowest BCUT2D eigenvalue weighted by Crippen LogP contribution is -2.41. The predicted molar refractivity (Wildman–Crippen MR) is 78.4 cm³/mol. The number of benzene rings is 1. The SMILES string of the molecule is Cl.NCC(F)(F)CNS(=O)(=O)c1ccccc1-c1ccno1. The van der Waals surface area contributed by atoms with Gasteiger partial charge in [-0.3, -0.25) is 0 Å². The van der Waals surface area contributed by atoms with E-state index in [0.717, 1.165) is 0 Å². The fraction of sp³-hybridized carbons (Fsp3) is 0.250. The maximum absolute atomic E-state index is 13.1. The van der Waals surface area contributed by atoms with Crippen molar-refractivity contribution in [2.75, 3.05) is 13.1 Å². The molecule has 0 radical (unpaired) electrons. The van der Waals surface area contributed by atoms with Crippen LogP contribution < -0.4 is 10.5 Å². The van der Waals surface area contributed by atoms with Crippen LogP contribution in [-0.2, 0) is 10.0 Å². The molecule has 22 heavy (non-hydrogen) atoms. The van der Waals surface area contributed by atoms with Crippen molar-refractivity contribution in [3.8, 4) is 11.3 Å². The highest BCUT2D eigenvalue weighted by molar-refractivity contribution is 7.89. The van der Waals surface area contributed by atoms with Crippen molar-refractivity contribution in [1.82, 2.24) is 9.88 Å². The number of hydrogen-bond donors (Lipinski definition) is 2. The molecular formula is C12H14ClF2N3O3S. The van der Waals surface area contributed by atoms with Crippen LogP contribution in [-0.4, -0.2) is 32.6 Å². The van der Waals surface area contributed by atoms with Crippen LogP contribution in [0, 0.1) is 0 Å². The number of alkyl halides is 2. The van der Waals surface area contributed by atoms with Gasteiger partial charge in [0.25, 0.3) is 5.92 Å². The van der Waals surface area contributed by atoms with Crippen LogP contribution in [0.15, 0.2) is 45.9 Å².